The molecule has 8 heteroatoms. The lowest BCUT2D eigenvalue weighted by Crippen LogP contribution is -2.51. The highest BCUT2D eigenvalue weighted by Gasteiger charge is 2.34. The summed E-state index contributed by atoms with van der Waals surface area (Å²) in [4.78, 5) is 23.8. The second kappa shape index (κ2) is 5.25. The van der Waals surface area contributed by atoms with E-state index < -0.39 is 5.97 Å². The number of hydrogen-bond acceptors (Lipinski definition) is 5. The van der Waals surface area contributed by atoms with Crippen LogP contribution in [0.1, 0.15) is 30.4 Å². The van der Waals surface area contributed by atoms with Crippen LogP contribution in [-0.2, 0) is 4.74 Å². The Morgan fingerprint density at radius 2 is 2.21 bits per heavy atom. The Hall–Kier alpha value is -2.12. The van der Waals surface area contributed by atoms with Gasteiger partial charge in [-0.1, -0.05) is 19.1 Å². The smallest absolute Gasteiger partial charge is 0.409 e. The largest absolute Gasteiger partial charge is 0.476 e. The number of amides is 1. The van der Waals surface area contributed by atoms with Crippen molar-refractivity contribution in [2.24, 2.45) is 5.92 Å². The zero-order chi connectivity index (χ0) is 14.0. The highest BCUT2D eigenvalue weighted by molar-refractivity contribution is 5.84. The summed E-state index contributed by atoms with van der Waals surface area (Å²) in [5.41, 5.74) is -0.0964. The molecule has 0 atom stereocenters. The molecule has 8 nitrogen and oxygen atoms in total. The number of rotatable bonds is 4. The lowest BCUT2D eigenvalue weighted by molar-refractivity contribution is 0.0472. The van der Waals surface area contributed by atoms with E-state index in [4.69, 9.17) is 9.84 Å². The second-order valence-electron chi connectivity index (χ2n) is 4.92. The van der Waals surface area contributed by atoms with E-state index in [2.05, 4.69) is 10.3 Å². The van der Waals surface area contributed by atoms with Gasteiger partial charge in [0.05, 0.1) is 18.8 Å². The molecule has 1 aromatic rings. The van der Waals surface area contributed by atoms with Crippen molar-refractivity contribution in [3.8, 4) is 0 Å². The van der Waals surface area contributed by atoms with Gasteiger partial charge in [-0.2, -0.15) is 0 Å². The summed E-state index contributed by atoms with van der Waals surface area (Å²) in [6.45, 7) is 5.25. The number of aromatic nitrogens is 3. The Kier molecular flexibility index (Phi) is 3.68. The Balaban J connectivity index is 1.82. The van der Waals surface area contributed by atoms with Gasteiger partial charge in [0.15, 0.2) is 5.69 Å². The van der Waals surface area contributed by atoms with E-state index in [-0.39, 0.29) is 17.8 Å². The number of carbonyl (C=O) groups is 2. The van der Waals surface area contributed by atoms with Crippen molar-refractivity contribution in [2.45, 2.75) is 19.9 Å². The van der Waals surface area contributed by atoms with Crippen LogP contribution in [-0.4, -0.2) is 56.8 Å². The van der Waals surface area contributed by atoms with E-state index in [0.717, 1.165) is 0 Å². The molecule has 1 fully saturated rings. The van der Waals surface area contributed by atoms with Gasteiger partial charge in [-0.3, -0.25) is 0 Å². The number of carboxylic acid groups (broad SMARTS) is 1. The molecule has 0 bridgehead atoms. The standard InChI is InChI=1S/C11H16N4O4/c1-7(2)6-19-11(18)14-3-8(4-14)15-5-9(10(16)17)12-13-15/h5,7-8H,3-4,6H2,1-2H3,(H,16,17). The fraction of sp³-hybridized carbons (Fsp3) is 0.636. The number of aromatic carboxylic acids is 1. The summed E-state index contributed by atoms with van der Waals surface area (Å²) < 4.78 is 6.55. The van der Waals surface area contributed by atoms with Gasteiger partial charge in [-0.25, -0.2) is 14.3 Å². The van der Waals surface area contributed by atoms with Gasteiger partial charge in [0.25, 0.3) is 0 Å². The number of nitrogens with zero attached hydrogens (tertiary/aromatic N) is 4. The fourth-order valence-electron chi connectivity index (χ4n) is 1.65. The molecule has 1 saturated heterocycles. The third kappa shape index (κ3) is 3.01. The van der Waals surface area contributed by atoms with Crippen LogP contribution in [0.4, 0.5) is 4.79 Å². The topological polar surface area (TPSA) is 97.5 Å². The molecule has 1 aliphatic rings. The van der Waals surface area contributed by atoms with E-state index >= 15 is 0 Å². The van der Waals surface area contributed by atoms with Gasteiger partial charge >= 0.3 is 12.1 Å². The molecular weight excluding hydrogens is 252 g/mol. The molecule has 1 N–H and O–H groups in total. The number of carboxylic acids is 1. The van der Waals surface area contributed by atoms with Gasteiger partial charge in [-0.15, -0.1) is 5.10 Å². The predicted octanol–water partition coefficient (Wildman–Crippen LogP) is 0.626. The Morgan fingerprint density at radius 3 is 2.74 bits per heavy atom. The first-order chi connectivity index (χ1) is 8.97. The highest BCUT2D eigenvalue weighted by Crippen LogP contribution is 2.21. The Bertz CT molecular complexity index is 479. The number of ether oxygens (including phenoxy) is 1. The van der Waals surface area contributed by atoms with Crippen LogP contribution in [0.3, 0.4) is 0 Å². The summed E-state index contributed by atoms with van der Waals surface area (Å²) >= 11 is 0. The first kappa shape index (κ1) is 13.3. The lowest BCUT2D eigenvalue weighted by Gasteiger charge is -2.37. The van der Waals surface area contributed by atoms with Gasteiger partial charge in [-0.05, 0) is 5.92 Å². The number of hydrogen-bond donors (Lipinski definition) is 1. The molecular formula is C11H16N4O4. The molecule has 0 radical (unpaired) electrons. The number of carbonyl (C=O) groups excluding carboxylic acids is 1. The molecule has 0 aromatic carbocycles. The van der Waals surface area contributed by atoms with E-state index in [1.54, 1.807) is 4.90 Å². The van der Waals surface area contributed by atoms with Crippen molar-refractivity contribution >= 4 is 12.1 Å². The molecule has 1 aromatic heterocycles. The summed E-state index contributed by atoms with van der Waals surface area (Å²) in [5.74, 6) is -0.812. The van der Waals surface area contributed by atoms with Gasteiger partial charge < -0.3 is 14.7 Å². The van der Waals surface area contributed by atoms with E-state index in [1.165, 1.54) is 10.9 Å². The van der Waals surface area contributed by atoms with Gasteiger partial charge in [0, 0.05) is 13.1 Å². The van der Waals surface area contributed by atoms with Crippen LogP contribution < -0.4 is 0 Å². The van der Waals surface area contributed by atoms with Gasteiger partial charge in [0.1, 0.15) is 0 Å². The molecule has 0 spiro atoms. The van der Waals surface area contributed by atoms with Crippen LogP contribution in [0.15, 0.2) is 6.20 Å². The van der Waals surface area contributed by atoms with Gasteiger partial charge in [0.2, 0.25) is 0 Å². The van der Waals surface area contributed by atoms with Crippen molar-refractivity contribution in [1.82, 2.24) is 19.9 Å². The molecule has 0 unspecified atom stereocenters. The van der Waals surface area contributed by atoms with Crippen molar-refractivity contribution in [2.75, 3.05) is 19.7 Å². The quantitative estimate of drug-likeness (QED) is 0.859. The maximum atomic E-state index is 11.6. The van der Waals surface area contributed by atoms with Crippen LogP contribution >= 0.6 is 0 Å². The van der Waals surface area contributed by atoms with Crippen LogP contribution in [0.25, 0.3) is 0 Å². The summed E-state index contributed by atoms with van der Waals surface area (Å²) in [6, 6.07) is -0.0350. The summed E-state index contributed by atoms with van der Waals surface area (Å²) in [5, 5.41) is 16.0. The van der Waals surface area contributed by atoms with Crippen molar-refractivity contribution in [3.63, 3.8) is 0 Å². The molecule has 19 heavy (non-hydrogen) atoms. The molecule has 1 aliphatic heterocycles. The van der Waals surface area contributed by atoms with Crippen molar-refractivity contribution < 1.29 is 19.4 Å². The zero-order valence-electron chi connectivity index (χ0n) is 10.8. The number of likely N-dealkylation sites (tertiary alicyclic amines) is 1. The average Bonchev–Trinajstić information content (AvgIpc) is 2.73. The summed E-state index contributed by atoms with van der Waals surface area (Å²) in [7, 11) is 0. The molecule has 0 aliphatic carbocycles. The minimum atomic E-state index is -1.11. The first-order valence-corrected chi connectivity index (χ1v) is 6.04. The third-order valence-corrected chi connectivity index (χ3v) is 2.76. The SMILES string of the molecule is CC(C)COC(=O)N1CC(n2cc(C(=O)O)nn2)C1. The third-order valence-electron chi connectivity index (χ3n) is 2.76. The molecule has 2 heterocycles. The van der Waals surface area contributed by atoms with Crippen molar-refractivity contribution in [3.05, 3.63) is 11.9 Å². The fourth-order valence-corrected chi connectivity index (χ4v) is 1.65. The molecule has 1 amide bonds. The van der Waals surface area contributed by atoms with Crippen molar-refractivity contribution in [1.29, 1.82) is 0 Å². The van der Waals surface area contributed by atoms with Crippen LogP contribution in [0.5, 0.6) is 0 Å². The predicted molar refractivity (Wildman–Crippen MR) is 63.8 cm³/mol. The molecule has 2 rings (SSSR count). The minimum Gasteiger partial charge on any atom is -0.476 e. The minimum absolute atomic E-state index is 0.0350. The second-order valence-corrected chi connectivity index (χ2v) is 4.92. The van der Waals surface area contributed by atoms with E-state index in [1.807, 2.05) is 13.8 Å². The van der Waals surface area contributed by atoms with Crippen LogP contribution in [0, 0.1) is 5.92 Å². The monoisotopic (exact) mass is 268 g/mol. The lowest BCUT2D eigenvalue weighted by atomic mass is 10.1. The Labute approximate surface area is 109 Å². The average molecular weight is 268 g/mol. The van der Waals surface area contributed by atoms with E-state index in [9.17, 15) is 9.59 Å². The first-order valence-electron chi connectivity index (χ1n) is 6.04. The zero-order valence-corrected chi connectivity index (χ0v) is 10.8. The van der Waals surface area contributed by atoms with Crippen LogP contribution in [0.2, 0.25) is 0 Å². The highest BCUT2D eigenvalue weighted by atomic mass is 16.6. The summed E-state index contributed by atoms with van der Waals surface area (Å²) in [6.07, 6.45) is 1.02. The van der Waals surface area contributed by atoms with E-state index in [0.29, 0.717) is 25.6 Å². The Morgan fingerprint density at radius 1 is 1.53 bits per heavy atom. The normalized spacial score (nSPS) is 15.4. The maximum absolute atomic E-state index is 11.6. The maximum Gasteiger partial charge on any atom is 0.409 e. The molecule has 0 saturated carbocycles. The molecule has 104 valence electrons.